The molecule has 0 atom stereocenters. The van der Waals surface area contributed by atoms with Crippen molar-refractivity contribution in [3.8, 4) is 11.3 Å². The first-order valence-corrected chi connectivity index (χ1v) is 5.48. The molecule has 0 saturated heterocycles. The predicted molar refractivity (Wildman–Crippen MR) is 59.5 cm³/mol. The first kappa shape index (κ1) is 10.4. The Morgan fingerprint density at radius 3 is 2.94 bits per heavy atom. The lowest BCUT2D eigenvalue weighted by molar-refractivity contribution is 0.356. The highest BCUT2D eigenvalue weighted by atomic mass is 19.1. The van der Waals surface area contributed by atoms with E-state index in [4.69, 9.17) is 10.3 Å². The van der Waals surface area contributed by atoms with Crippen molar-refractivity contribution in [2.45, 2.75) is 25.3 Å². The summed E-state index contributed by atoms with van der Waals surface area (Å²) in [7, 11) is 0. The van der Waals surface area contributed by atoms with E-state index >= 15 is 0 Å². The van der Waals surface area contributed by atoms with E-state index in [0.717, 1.165) is 12.8 Å². The van der Waals surface area contributed by atoms with Crippen molar-refractivity contribution < 1.29 is 8.91 Å². The molecule has 0 aromatic carbocycles. The monoisotopic (exact) mass is 233 g/mol. The molecule has 0 radical (unpaired) electrons. The van der Waals surface area contributed by atoms with Gasteiger partial charge in [0.05, 0.1) is 11.2 Å². The topological polar surface area (TPSA) is 64.9 Å². The minimum Gasteiger partial charge on any atom is -0.359 e. The van der Waals surface area contributed by atoms with Gasteiger partial charge in [0.2, 0.25) is 0 Å². The lowest BCUT2D eigenvalue weighted by Crippen LogP contribution is -2.17. The molecule has 0 amide bonds. The highest BCUT2D eigenvalue weighted by Crippen LogP contribution is 2.43. The maximum atomic E-state index is 13.8. The third-order valence-corrected chi connectivity index (χ3v) is 3.13. The minimum absolute atomic E-state index is 0.348. The maximum Gasteiger partial charge on any atom is 0.157 e. The third kappa shape index (κ3) is 1.63. The first-order valence-electron chi connectivity index (χ1n) is 5.48. The van der Waals surface area contributed by atoms with Gasteiger partial charge in [-0.25, -0.2) is 4.39 Å². The van der Waals surface area contributed by atoms with Gasteiger partial charge in [0.15, 0.2) is 11.6 Å². The Morgan fingerprint density at radius 1 is 1.47 bits per heavy atom. The predicted octanol–water partition coefficient (Wildman–Crippen LogP) is 2.13. The van der Waals surface area contributed by atoms with Gasteiger partial charge in [0, 0.05) is 17.8 Å². The quantitative estimate of drug-likeness (QED) is 0.863. The fourth-order valence-electron chi connectivity index (χ4n) is 1.76. The Kier molecular flexibility index (Phi) is 2.06. The average molecular weight is 233 g/mol. The van der Waals surface area contributed by atoms with Crippen LogP contribution in [-0.2, 0) is 5.54 Å². The van der Waals surface area contributed by atoms with Crippen molar-refractivity contribution in [3.63, 3.8) is 0 Å². The number of pyridine rings is 1. The molecular weight excluding hydrogens is 221 g/mol. The van der Waals surface area contributed by atoms with Crippen molar-refractivity contribution in [2.75, 3.05) is 0 Å². The Bertz CT molecular complexity index is 575. The van der Waals surface area contributed by atoms with Gasteiger partial charge < -0.3 is 10.3 Å². The van der Waals surface area contributed by atoms with Crippen molar-refractivity contribution in [3.05, 3.63) is 35.6 Å². The van der Waals surface area contributed by atoms with E-state index in [9.17, 15) is 4.39 Å². The summed E-state index contributed by atoms with van der Waals surface area (Å²) in [5, 5.41) is 3.87. The Morgan fingerprint density at radius 2 is 2.24 bits per heavy atom. The zero-order valence-electron chi connectivity index (χ0n) is 9.40. The summed E-state index contributed by atoms with van der Waals surface area (Å²) in [5.74, 6) is 0.260. The van der Waals surface area contributed by atoms with Crippen molar-refractivity contribution >= 4 is 0 Å². The molecule has 5 heteroatoms. The van der Waals surface area contributed by atoms with Gasteiger partial charge in [-0.15, -0.1) is 0 Å². The van der Waals surface area contributed by atoms with Crippen molar-refractivity contribution in [1.29, 1.82) is 0 Å². The summed E-state index contributed by atoms with van der Waals surface area (Å²) in [6.45, 7) is 1.62. The second kappa shape index (κ2) is 3.37. The van der Waals surface area contributed by atoms with E-state index in [-0.39, 0.29) is 11.4 Å². The van der Waals surface area contributed by atoms with E-state index in [2.05, 4.69) is 10.1 Å². The molecule has 4 nitrogen and oxygen atoms in total. The largest absolute Gasteiger partial charge is 0.359 e. The number of aryl methyl sites for hydroxylation is 1. The smallest absolute Gasteiger partial charge is 0.157 e. The molecule has 2 aromatic heterocycles. The number of nitrogens with zero attached hydrogens (tertiary/aromatic N) is 2. The number of rotatable bonds is 2. The molecular formula is C12H12FN3O. The molecule has 1 aliphatic carbocycles. The van der Waals surface area contributed by atoms with Crippen molar-refractivity contribution in [1.82, 2.24) is 10.1 Å². The summed E-state index contributed by atoms with van der Waals surface area (Å²) in [6, 6.07) is 3.30. The van der Waals surface area contributed by atoms with Crippen molar-refractivity contribution in [2.24, 2.45) is 5.73 Å². The van der Waals surface area contributed by atoms with Gasteiger partial charge in [-0.3, -0.25) is 4.98 Å². The van der Waals surface area contributed by atoms with E-state index in [0.29, 0.717) is 22.7 Å². The van der Waals surface area contributed by atoms with E-state index < -0.39 is 0 Å². The average Bonchev–Trinajstić information content (AvgIpc) is 2.88. The molecule has 2 heterocycles. The Hall–Kier alpha value is -1.75. The minimum atomic E-state index is -0.385. The van der Waals surface area contributed by atoms with Crippen LogP contribution in [0, 0.1) is 12.7 Å². The molecule has 2 aromatic rings. The van der Waals surface area contributed by atoms with E-state index in [1.165, 1.54) is 0 Å². The van der Waals surface area contributed by atoms with Crippen LogP contribution in [0.1, 0.15) is 24.3 Å². The van der Waals surface area contributed by atoms with Gasteiger partial charge >= 0.3 is 0 Å². The zero-order valence-corrected chi connectivity index (χ0v) is 9.40. The highest BCUT2D eigenvalue weighted by molar-refractivity contribution is 5.60. The molecule has 0 spiro atoms. The second-order valence-electron chi connectivity index (χ2n) is 4.49. The van der Waals surface area contributed by atoms with Crippen LogP contribution in [0.4, 0.5) is 4.39 Å². The van der Waals surface area contributed by atoms with Gasteiger partial charge in [0.1, 0.15) is 5.69 Å². The van der Waals surface area contributed by atoms with Gasteiger partial charge in [-0.05, 0) is 25.8 Å². The lowest BCUT2D eigenvalue weighted by Gasteiger charge is -2.00. The molecule has 0 aliphatic heterocycles. The van der Waals surface area contributed by atoms with Crippen LogP contribution in [0.25, 0.3) is 11.3 Å². The lowest BCUT2D eigenvalue weighted by atomic mass is 10.1. The number of hydrogen-bond donors (Lipinski definition) is 1. The number of nitrogens with two attached hydrogens (primary N) is 1. The molecule has 2 N–H and O–H groups in total. The molecule has 1 saturated carbocycles. The maximum absolute atomic E-state index is 13.8. The normalized spacial score (nSPS) is 17.1. The van der Waals surface area contributed by atoms with Gasteiger partial charge in [0.25, 0.3) is 0 Å². The highest BCUT2D eigenvalue weighted by Gasteiger charge is 2.44. The molecule has 0 unspecified atom stereocenters. The fraction of sp³-hybridized carbons (Fsp3) is 0.333. The van der Waals surface area contributed by atoms with Crippen LogP contribution in [0.3, 0.4) is 0 Å². The van der Waals surface area contributed by atoms with Crippen LogP contribution in [0.5, 0.6) is 0 Å². The third-order valence-electron chi connectivity index (χ3n) is 3.13. The molecule has 17 heavy (non-hydrogen) atoms. The molecule has 3 rings (SSSR count). The SMILES string of the molecule is Cc1nccc(-c2cc(C3(N)CC3)on2)c1F. The molecule has 1 fully saturated rings. The zero-order chi connectivity index (χ0) is 12.0. The van der Waals surface area contributed by atoms with Crippen LogP contribution in [0.2, 0.25) is 0 Å². The molecule has 0 bridgehead atoms. The summed E-state index contributed by atoms with van der Waals surface area (Å²) >= 11 is 0. The summed E-state index contributed by atoms with van der Waals surface area (Å²) in [4.78, 5) is 3.87. The number of hydrogen-bond acceptors (Lipinski definition) is 4. The first-order chi connectivity index (χ1) is 8.10. The summed E-state index contributed by atoms with van der Waals surface area (Å²) in [5.41, 5.74) is 6.82. The fourth-order valence-corrected chi connectivity index (χ4v) is 1.76. The van der Waals surface area contributed by atoms with E-state index in [1.807, 2.05) is 0 Å². The van der Waals surface area contributed by atoms with Crippen LogP contribution in [-0.4, -0.2) is 10.1 Å². The molecule has 88 valence electrons. The van der Waals surface area contributed by atoms with Crippen LogP contribution in [0.15, 0.2) is 22.9 Å². The van der Waals surface area contributed by atoms with Crippen LogP contribution < -0.4 is 5.73 Å². The standard InChI is InChI=1S/C12H12FN3O/c1-7-11(13)8(2-5-15-7)9-6-10(17-16-9)12(14)3-4-12/h2,5-6H,3-4,14H2,1H3. The summed E-state index contributed by atoms with van der Waals surface area (Å²) in [6.07, 6.45) is 3.33. The van der Waals surface area contributed by atoms with Gasteiger partial charge in [-0.1, -0.05) is 5.16 Å². The second-order valence-corrected chi connectivity index (χ2v) is 4.49. The van der Waals surface area contributed by atoms with Gasteiger partial charge in [-0.2, -0.15) is 0 Å². The number of halogens is 1. The van der Waals surface area contributed by atoms with E-state index in [1.54, 1.807) is 25.3 Å². The van der Waals surface area contributed by atoms with Crippen LogP contribution >= 0.6 is 0 Å². The number of aromatic nitrogens is 2. The summed E-state index contributed by atoms with van der Waals surface area (Å²) < 4.78 is 19.0. The Balaban J connectivity index is 2.04. The molecule has 1 aliphatic rings. The Labute approximate surface area is 97.6 Å².